The number of fused-ring (bicyclic) bond motifs is 2. The predicted octanol–water partition coefficient (Wildman–Crippen LogP) is 13.7. The molecule has 0 saturated carbocycles. The van der Waals surface area contributed by atoms with Crippen LogP contribution in [0.15, 0.2) is 72.8 Å². The first kappa shape index (κ1) is 40.0. The first-order valence-corrected chi connectivity index (χ1v) is 21.0. The average Bonchev–Trinajstić information content (AvgIpc) is 3.18. The van der Waals surface area contributed by atoms with Crippen LogP contribution in [0.5, 0.6) is 11.5 Å². The van der Waals surface area contributed by atoms with Crippen molar-refractivity contribution >= 4 is 27.5 Å². The lowest BCUT2D eigenvalue weighted by molar-refractivity contribution is 0.307. The predicted molar refractivity (Wildman–Crippen MR) is 225 cm³/mol. The molecule has 284 valence electrons. The highest BCUT2D eigenvalue weighted by molar-refractivity contribution is 6.01. The number of nitrogens with two attached hydrogens (primary N) is 1. The van der Waals surface area contributed by atoms with Crippen LogP contribution in [0.1, 0.15) is 142 Å². The molecule has 0 saturated heterocycles. The summed E-state index contributed by atoms with van der Waals surface area (Å²) in [7, 11) is 0. The van der Waals surface area contributed by atoms with Crippen LogP contribution in [0, 0.1) is 0 Å². The van der Waals surface area contributed by atoms with Crippen LogP contribution in [-0.2, 0) is 0 Å². The van der Waals surface area contributed by atoms with E-state index < -0.39 is 0 Å². The van der Waals surface area contributed by atoms with Crippen LogP contribution in [0.3, 0.4) is 0 Å². The highest BCUT2D eigenvalue weighted by atomic mass is 16.5. The number of benzene rings is 4. The molecule has 53 heavy (non-hydrogen) atoms. The molecule has 6 nitrogen and oxygen atoms in total. The quantitative estimate of drug-likeness (QED) is 0.0574. The summed E-state index contributed by atoms with van der Waals surface area (Å²) < 4.78 is 12.7. The Labute approximate surface area is 319 Å². The summed E-state index contributed by atoms with van der Waals surface area (Å²) in [4.78, 5) is 14.3. The molecule has 4 aromatic carbocycles. The zero-order chi connectivity index (χ0) is 36.9. The first-order valence-electron chi connectivity index (χ1n) is 21.0. The van der Waals surface area contributed by atoms with Crippen molar-refractivity contribution in [2.45, 2.75) is 142 Å². The molecule has 0 aliphatic rings. The van der Waals surface area contributed by atoms with Crippen molar-refractivity contribution in [3.63, 3.8) is 0 Å². The van der Waals surface area contributed by atoms with E-state index in [0.717, 1.165) is 57.0 Å². The van der Waals surface area contributed by atoms with Crippen molar-refractivity contribution in [2.24, 2.45) is 0 Å². The molecular weight excluding hydrogens is 653 g/mol. The Morgan fingerprint density at radius 2 is 0.736 bits per heavy atom. The molecule has 0 fully saturated rings. The molecule has 0 spiro atoms. The van der Waals surface area contributed by atoms with Crippen LogP contribution in [-0.4, -0.2) is 28.2 Å². The van der Waals surface area contributed by atoms with Crippen LogP contribution >= 0.6 is 0 Å². The summed E-state index contributed by atoms with van der Waals surface area (Å²) in [6.07, 6.45) is 26.2. The molecule has 0 aliphatic carbocycles. The zero-order valence-electron chi connectivity index (χ0n) is 32.7. The van der Waals surface area contributed by atoms with Gasteiger partial charge in [0.15, 0.2) is 11.6 Å². The third kappa shape index (κ3) is 12.4. The lowest BCUT2D eigenvalue weighted by atomic mass is 10.0. The van der Waals surface area contributed by atoms with E-state index in [-0.39, 0.29) is 5.95 Å². The fraction of sp³-hybridized carbons (Fsp3) is 0.511. The second kappa shape index (κ2) is 22.8. The van der Waals surface area contributed by atoms with Gasteiger partial charge in [-0.2, -0.15) is 9.97 Å². The summed E-state index contributed by atoms with van der Waals surface area (Å²) in [5.41, 5.74) is 8.18. The van der Waals surface area contributed by atoms with E-state index in [9.17, 15) is 0 Å². The maximum absolute atomic E-state index is 6.37. The van der Waals surface area contributed by atoms with Crippen LogP contribution in [0.2, 0.25) is 0 Å². The summed E-state index contributed by atoms with van der Waals surface area (Å²) >= 11 is 0. The van der Waals surface area contributed by atoms with Crippen molar-refractivity contribution < 1.29 is 9.47 Å². The fourth-order valence-corrected chi connectivity index (χ4v) is 7.36. The summed E-state index contributed by atoms with van der Waals surface area (Å²) in [6, 6.07) is 24.8. The number of unbranched alkanes of at least 4 members (excludes halogenated alkanes) is 18. The molecule has 2 N–H and O–H groups in total. The minimum atomic E-state index is 0.195. The Bertz CT molecular complexity index is 1680. The van der Waals surface area contributed by atoms with Gasteiger partial charge in [0.2, 0.25) is 5.95 Å². The number of rotatable bonds is 26. The molecule has 5 rings (SSSR count). The van der Waals surface area contributed by atoms with Crippen LogP contribution in [0.4, 0.5) is 5.95 Å². The SMILES string of the molecule is CCCCCCCCCCCCOc1ccc(-c2nc(N)nc(-c3ccc(OCCCCCCCCCCCC)c4ccccc34)n2)c2ccccc12. The van der Waals surface area contributed by atoms with Gasteiger partial charge in [0, 0.05) is 21.9 Å². The fourth-order valence-electron chi connectivity index (χ4n) is 7.36. The highest BCUT2D eigenvalue weighted by Gasteiger charge is 2.16. The van der Waals surface area contributed by atoms with E-state index >= 15 is 0 Å². The molecule has 0 atom stereocenters. The smallest absolute Gasteiger partial charge is 0.224 e. The maximum Gasteiger partial charge on any atom is 0.224 e. The third-order valence-electron chi connectivity index (χ3n) is 10.4. The topological polar surface area (TPSA) is 83.2 Å². The minimum Gasteiger partial charge on any atom is -0.493 e. The number of hydrogen-bond donors (Lipinski definition) is 1. The van der Waals surface area contributed by atoms with E-state index in [0.29, 0.717) is 24.9 Å². The normalized spacial score (nSPS) is 11.4. The molecule has 0 bridgehead atoms. The molecule has 0 unspecified atom stereocenters. The molecule has 1 heterocycles. The van der Waals surface area contributed by atoms with Gasteiger partial charge in [0.1, 0.15) is 11.5 Å². The molecular formula is C47H64N4O2. The number of nitrogens with zero attached hydrogens (tertiary/aromatic N) is 3. The average molecular weight is 717 g/mol. The van der Waals surface area contributed by atoms with E-state index in [4.69, 9.17) is 20.2 Å². The van der Waals surface area contributed by atoms with Crippen LogP contribution in [0.25, 0.3) is 44.3 Å². The molecule has 5 aromatic rings. The number of nitrogen functional groups attached to an aromatic ring is 1. The van der Waals surface area contributed by atoms with Crippen molar-refractivity contribution in [1.29, 1.82) is 0 Å². The van der Waals surface area contributed by atoms with Gasteiger partial charge in [0.05, 0.1) is 13.2 Å². The van der Waals surface area contributed by atoms with Crippen molar-refractivity contribution in [1.82, 2.24) is 15.0 Å². The van der Waals surface area contributed by atoms with E-state index in [1.165, 1.54) is 116 Å². The second-order valence-corrected chi connectivity index (χ2v) is 14.7. The van der Waals surface area contributed by atoms with Crippen molar-refractivity contribution in [3.8, 4) is 34.3 Å². The van der Waals surface area contributed by atoms with Gasteiger partial charge in [-0.25, -0.2) is 4.98 Å². The van der Waals surface area contributed by atoms with E-state index in [2.05, 4.69) is 72.3 Å². The number of ether oxygens (including phenoxy) is 2. The Balaban J connectivity index is 1.20. The summed E-state index contributed by atoms with van der Waals surface area (Å²) in [5.74, 6) is 3.08. The standard InChI is InChI=1S/C47H64N4O2/c1-3-5-7-9-11-13-15-17-19-25-35-52-43-33-31-41(37-27-21-23-29-39(37)43)45-49-46(51-47(48)50-45)42-32-34-44(40-30-24-22-28-38(40)42)53-36-26-20-18-16-14-12-10-8-6-4-2/h21-24,27-34H,3-20,25-26,35-36H2,1-2H3,(H2,48,49,50,51). The number of aromatic nitrogens is 3. The second-order valence-electron chi connectivity index (χ2n) is 14.7. The van der Waals surface area contributed by atoms with Gasteiger partial charge in [0.25, 0.3) is 0 Å². The summed E-state index contributed by atoms with van der Waals surface area (Å²) in [5, 5.41) is 4.16. The Kier molecular flexibility index (Phi) is 17.2. The largest absolute Gasteiger partial charge is 0.493 e. The minimum absolute atomic E-state index is 0.195. The van der Waals surface area contributed by atoms with E-state index in [1.54, 1.807) is 0 Å². The lowest BCUT2D eigenvalue weighted by Crippen LogP contribution is -2.04. The van der Waals surface area contributed by atoms with Gasteiger partial charge in [-0.05, 0) is 47.9 Å². The van der Waals surface area contributed by atoms with Crippen molar-refractivity contribution in [3.05, 3.63) is 72.8 Å². The molecule has 0 amide bonds. The molecule has 1 aromatic heterocycles. The Morgan fingerprint density at radius 1 is 0.396 bits per heavy atom. The molecule has 0 aliphatic heterocycles. The van der Waals surface area contributed by atoms with Crippen molar-refractivity contribution in [2.75, 3.05) is 18.9 Å². The Morgan fingerprint density at radius 3 is 1.11 bits per heavy atom. The summed E-state index contributed by atoms with van der Waals surface area (Å²) in [6.45, 7) is 5.99. The van der Waals surface area contributed by atoms with Crippen LogP contribution < -0.4 is 15.2 Å². The van der Waals surface area contributed by atoms with Gasteiger partial charge in [-0.15, -0.1) is 0 Å². The highest BCUT2D eigenvalue weighted by Crippen LogP contribution is 2.37. The zero-order valence-corrected chi connectivity index (χ0v) is 32.7. The van der Waals surface area contributed by atoms with Gasteiger partial charge in [-0.3, -0.25) is 0 Å². The maximum atomic E-state index is 6.37. The monoisotopic (exact) mass is 717 g/mol. The first-order chi connectivity index (χ1) is 26.2. The molecule has 6 heteroatoms. The van der Waals surface area contributed by atoms with Gasteiger partial charge < -0.3 is 15.2 Å². The van der Waals surface area contributed by atoms with Gasteiger partial charge >= 0.3 is 0 Å². The number of anilines is 1. The van der Waals surface area contributed by atoms with E-state index in [1.807, 2.05) is 24.3 Å². The molecule has 0 radical (unpaired) electrons. The Hall–Kier alpha value is -4.19. The third-order valence-corrected chi connectivity index (χ3v) is 10.4. The van der Waals surface area contributed by atoms with Gasteiger partial charge in [-0.1, -0.05) is 178 Å². The number of hydrogen-bond acceptors (Lipinski definition) is 6. The lowest BCUT2D eigenvalue weighted by Gasteiger charge is -2.14.